The second-order valence-electron chi connectivity index (χ2n) is 6.68. The van der Waals surface area contributed by atoms with E-state index in [1.54, 1.807) is 0 Å². The number of pyridine rings is 2. The highest BCUT2D eigenvalue weighted by molar-refractivity contribution is 5.70. The first kappa shape index (κ1) is 17.2. The van der Waals surface area contributed by atoms with E-state index in [9.17, 15) is 0 Å². The molecule has 0 radical (unpaired) electrons. The second-order valence-corrected chi connectivity index (χ2v) is 6.68. The van der Waals surface area contributed by atoms with Gasteiger partial charge >= 0.3 is 0 Å². The molecule has 134 valence electrons. The number of hydrogen-bond donors (Lipinski definition) is 0. The summed E-state index contributed by atoms with van der Waals surface area (Å²) in [6, 6.07) is 18.7. The van der Waals surface area contributed by atoms with Crippen LogP contribution < -0.4 is 0 Å². The van der Waals surface area contributed by atoms with Gasteiger partial charge in [-0.1, -0.05) is 30.3 Å². The van der Waals surface area contributed by atoms with Gasteiger partial charge in [-0.15, -0.1) is 0 Å². The minimum atomic E-state index is 0.897. The summed E-state index contributed by atoms with van der Waals surface area (Å²) in [4.78, 5) is 8.69. The summed E-state index contributed by atoms with van der Waals surface area (Å²) in [5.74, 6) is 0. The molecule has 4 nitrogen and oxygen atoms in total. The number of nitrogens with zero attached hydrogens (tertiary/aromatic N) is 4. The van der Waals surface area contributed by atoms with Crippen molar-refractivity contribution in [3.8, 4) is 22.5 Å². The molecule has 0 saturated carbocycles. The van der Waals surface area contributed by atoms with E-state index in [1.807, 2.05) is 35.4 Å². The molecule has 4 aromatic rings. The summed E-state index contributed by atoms with van der Waals surface area (Å²) in [5.41, 5.74) is 6.70. The minimum Gasteiger partial charge on any atom is -0.272 e. The Morgan fingerprint density at radius 1 is 0.926 bits per heavy atom. The minimum absolute atomic E-state index is 0.897. The maximum atomic E-state index is 4.75. The molecule has 0 fully saturated rings. The molecule has 3 heterocycles. The van der Waals surface area contributed by atoms with Gasteiger partial charge in [-0.3, -0.25) is 14.6 Å². The first-order valence-corrected chi connectivity index (χ1v) is 9.24. The molecule has 0 saturated heterocycles. The van der Waals surface area contributed by atoms with E-state index in [0.717, 1.165) is 41.9 Å². The normalized spacial score (nSPS) is 10.9. The maximum absolute atomic E-state index is 4.75. The molecule has 27 heavy (non-hydrogen) atoms. The lowest BCUT2D eigenvalue weighted by Crippen LogP contribution is -2.00. The van der Waals surface area contributed by atoms with Gasteiger partial charge < -0.3 is 0 Å². The van der Waals surface area contributed by atoms with E-state index in [1.165, 1.54) is 11.1 Å². The Labute approximate surface area is 159 Å². The van der Waals surface area contributed by atoms with Crippen molar-refractivity contribution in [1.82, 2.24) is 19.7 Å². The van der Waals surface area contributed by atoms with Crippen LogP contribution in [0.4, 0.5) is 0 Å². The van der Waals surface area contributed by atoms with Crippen LogP contribution in [0.1, 0.15) is 17.5 Å². The number of rotatable bonds is 6. The second kappa shape index (κ2) is 7.96. The monoisotopic (exact) mass is 354 g/mol. The molecule has 1 aromatic carbocycles. The molecule has 0 amide bonds. The maximum Gasteiger partial charge on any atom is 0.0923 e. The van der Waals surface area contributed by atoms with Gasteiger partial charge in [0.2, 0.25) is 0 Å². The fourth-order valence-corrected chi connectivity index (χ4v) is 3.25. The van der Waals surface area contributed by atoms with Gasteiger partial charge in [0.25, 0.3) is 0 Å². The largest absolute Gasteiger partial charge is 0.272 e. The van der Waals surface area contributed by atoms with E-state index < -0.39 is 0 Å². The van der Waals surface area contributed by atoms with Gasteiger partial charge in [-0.25, -0.2) is 0 Å². The highest BCUT2D eigenvalue weighted by atomic mass is 15.3. The van der Waals surface area contributed by atoms with Crippen molar-refractivity contribution >= 4 is 0 Å². The van der Waals surface area contributed by atoms with Crippen LogP contribution in [-0.2, 0) is 13.0 Å². The van der Waals surface area contributed by atoms with Crippen molar-refractivity contribution in [2.75, 3.05) is 0 Å². The molecule has 3 aromatic heterocycles. The summed E-state index contributed by atoms with van der Waals surface area (Å²) in [6.07, 6.45) is 9.68. The molecular weight excluding hydrogens is 332 g/mol. The van der Waals surface area contributed by atoms with Gasteiger partial charge in [-0.2, -0.15) is 5.10 Å². The zero-order valence-corrected chi connectivity index (χ0v) is 15.4. The average Bonchev–Trinajstić information content (AvgIpc) is 3.18. The van der Waals surface area contributed by atoms with Crippen molar-refractivity contribution in [3.63, 3.8) is 0 Å². The number of aryl methyl sites for hydroxylation is 3. The number of benzene rings is 1. The van der Waals surface area contributed by atoms with Crippen LogP contribution >= 0.6 is 0 Å². The van der Waals surface area contributed by atoms with Gasteiger partial charge in [0.1, 0.15) is 0 Å². The third-order valence-corrected chi connectivity index (χ3v) is 4.66. The van der Waals surface area contributed by atoms with Gasteiger partial charge in [0.05, 0.1) is 11.4 Å². The Morgan fingerprint density at radius 3 is 2.67 bits per heavy atom. The molecule has 0 unspecified atom stereocenters. The fraction of sp³-hybridized carbons (Fsp3) is 0.174. The Kier molecular flexibility index (Phi) is 5.06. The van der Waals surface area contributed by atoms with Crippen LogP contribution in [0.5, 0.6) is 0 Å². The van der Waals surface area contributed by atoms with E-state index in [2.05, 4.69) is 65.6 Å². The first-order chi connectivity index (χ1) is 13.3. The van der Waals surface area contributed by atoms with E-state index in [4.69, 9.17) is 5.10 Å². The Morgan fingerprint density at radius 2 is 1.81 bits per heavy atom. The standard InChI is InChI=1S/C23H22N4/c1-18-6-3-13-25-23(18)21-10-2-9-20(16-21)22-11-15-27(26-22)14-5-8-19-7-4-12-24-17-19/h2-4,6-7,9-13,15-17H,5,8,14H2,1H3. The van der Waals surface area contributed by atoms with Crippen LogP contribution in [-0.4, -0.2) is 19.7 Å². The summed E-state index contributed by atoms with van der Waals surface area (Å²) in [5, 5.41) is 4.75. The van der Waals surface area contributed by atoms with Crippen LogP contribution in [0.15, 0.2) is 79.4 Å². The highest BCUT2D eigenvalue weighted by Crippen LogP contribution is 2.26. The smallest absolute Gasteiger partial charge is 0.0923 e. The quantitative estimate of drug-likeness (QED) is 0.492. The van der Waals surface area contributed by atoms with Gasteiger partial charge in [0, 0.05) is 42.5 Å². The van der Waals surface area contributed by atoms with Crippen LogP contribution in [0.2, 0.25) is 0 Å². The molecule has 4 rings (SSSR count). The van der Waals surface area contributed by atoms with Gasteiger partial charge in [-0.05, 0) is 55.2 Å². The van der Waals surface area contributed by atoms with Gasteiger partial charge in [0.15, 0.2) is 0 Å². The van der Waals surface area contributed by atoms with Crippen molar-refractivity contribution in [1.29, 1.82) is 0 Å². The Balaban J connectivity index is 1.47. The lowest BCUT2D eigenvalue weighted by molar-refractivity contribution is 0.580. The third kappa shape index (κ3) is 4.11. The summed E-state index contributed by atoms with van der Waals surface area (Å²) in [6.45, 7) is 2.99. The summed E-state index contributed by atoms with van der Waals surface area (Å²) in [7, 11) is 0. The molecule has 0 N–H and O–H groups in total. The summed E-state index contributed by atoms with van der Waals surface area (Å²) < 4.78 is 2.02. The van der Waals surface area contributed by atoms with E-state index in [-0.39, 0.29) is 0 Å². The zero-order chi connectivity index (χ0) is 18.5. The Hall–Kier alpha value is -3.27. The molecule has 4 heteroatoms. The first-order valence-electron chi connectivity index (χ1n) is 9.24. The molecule has 0 spiro atoms. The number of hydrogen-bond acceptors (Lipinski definition) is 3. The molecule has 0 aliphatic carbocycles. The van der Waals surface area contributed by atoms with Crippen molar-refractivity contribution < 1.29 is 0 Å². The van der Waals surface area contributed by atoms with Crippen molar-refractivity contribution in [2.45, 2.75) is 26.3 Å². The lowest BCUT2D eigenvalue weighted by Gasteiger charge is -2.06. The predicted octanol–water partition coefficient (Wildman–Crippen LogP) is 4.95. The van der Waals surface area contributed by atoms with E-state index in [0.29, 0.717) is 0 Å². The molecule has 0 aliphatic heterocycles. The third-order valence-electron chi connectivity index (χ3n) is 4.66. The van der Waals surface area contributed by atoms with Crippen LogP contribution in [0, 0.1) is 6.92 Å². The van der Waals surface area contributed by atoms with Crippen LogP contribution in [0.25, 0.3) is 22.5 Å². The average molecular weight is 354 g/mol. The Bertz CT molecular complexity index is 1020. The lowest BCUT2D eigenvalue weighted by atomic mass is 10.0. The number of aromatic nitrogens is 4. The van der Waals surface area contributed by atoms with Crippen molar-refractivity contribution in [2.24, 2.45) is 0 Å². The molecule has 0 atom stereocenters. The SMILES string of the molecule is Cc1cccnc1-c1cccc(-c2ccn(CCCc3cccnc3)n2)c1. The fourth-order valence-electron chi connectivity index (χ4n) is 3.25. The van der Waals surface area contributed by atoms with Crippen LogP contribution in [0.3, 0.4) is 0 Å². The molecule has 0 bridgehead atoms. The van der Waals surface area contributed by atoms with Crippen molar-refractivity contribution in [3.05, 3.63) is 90.5 Å². The molecule has 0 aliphatic rings. The predicted molar refractivity (Wildman–Crippen MR) is 108 cm³/mol. The van der Waals surface area contributed by atoms with E-state index >= 15 is 0 Å². The topological polar surface area (TPSA) is 43.6 Å². The highest BCUT2D eigenvalue weighted by Gasteiger charge is 2.07. The summed E-state index contributed by atoms with van der Waals surface area (Å²) >= 11 is 0. The zero-order valence-electron chi connectivity index (χ0n) is 15.4. The molecular formula is C23H22N4.